The predicted octanol–water partition coefficient (Wildman–Crippen LogP) is 4.64. The highest BCUT2D eigenvalue weighted by Crippen LogP contribution is 2.28. The van der Waals surface area contributed by atoms with Crippen molar-refractivity contribution < 1.29 is 13.2 Å². The molecule has 0 saturated carbocycles. The highest BCUT2D eigenvalue weighted by atomic mass is 19.4. The summed E-state index contributed by atoms with van der Waals surface area (Å²) in [6.45, 7) is 3.96. The Hall–Kier alpha value is -2.37. The zero-order valence-corrected chi connectivity index (χ0v) is 12.3. The number of hydrazone groups is 1. The molecule has 1 aromatic heterocycles. The van der Waals surface area contributed by atoms with E-state index in [1.165, 1.54) is 6.07 Å². The molecule has 0 bridgehead atoms. The van der Waals surface area contributed by atoms with Gasteiger partial charge >= 0.3 is 6.18 Å². The van der Waals surface area contributed by atoms with Gasteiger partial charge in [0.25, 0.3) is 0 Å². The van der Waals surface area contributed by atoms with Crippen molar-refractivity contribution in [3.05, 3.63) is 59.3 Å². The quantitative estimate of drug-likeness (QED) is 0.660. The van der Waals surface area contributed by atoms with Gasteiger partial charge in [0.15, 0.2) is 0 Å². The molecule has 0 unspecified atom stereocenters. The Labute approximate surface area is 126 Å². The van der Waals surface area contributed by atoms with Gasteiger partial charge in [-0.3, -0.25) is 5.43 Å². The van der Waals surface area contributed by atoms with Crippen molar-refractivity contribution in [1.82, 2.24) is 4.98 Å². The van der Waals surface area contributed by atoms with Gasteiger partial charge in [-0.15, -0.1) is 0 Å². The van der Waals surface area contributed by atoms with Crippen LogP contribution in [0.25, 0.3) is 0 Å². The van der Waals surface area contributed by atoms with Gasteiger partial charge in [-0.25, -0.2) is 4.98 Å². The molecule has 1 N–H and O–H groups in total. The van der Waals surface area contributed by atoms with Crippen LogP contribution in [0.2, 0.25) is 0 Å². The lowest BCUT2D eigenvalue weighted by Crippen LogP contribution is -2.07. The van der Waals surface area contributed by atoms with Crippen molar-refractivity contribution in [2.75, 3.05) is 5.43 Å². The Morgan fingerprint density at radius 1 is 1.14 bits per heavy atom. The average molecular weight is 307 g/mol. The Bertz CT molecular complexity index is 644. The monoisotopic (exact) mass is 307 g/mol. The average Bonchev–Trinajstić information content (AvgIpc) is 2.49. The van der Waals surface area contributed by atoms with E-state index < -0.39 is 11.7 Å². The number of halogens is 3. The highest BCUT2D eigenvalue weighted by molar-refractivity contribution is 6.00. The van der Waals surface area contributed by atoms with Crippen LogP contribution >= 0.6 is 0 Å². The third kappa shape index (κ3) is 4.07. The summed E-state index contributed by atoms with van der Waals surface area (Å²) in [6, 6.07) is 10.1. The van der Waals surface area contributed by atoms with Gasteiger partial charge in [-0.2, -0.15) is 18.3 Å². The van der Waals surface area contributed by atoms with Gasteiger partial charge in [-0.1, -0.05) is 36.8 Å². The second kappa shape index (κ2) is 6.60. The number of pyridine rings is 1. The van der Waals surface area contributed by atoms with Crippen molar-refractivity contribution >= 4 is 11.5 Å². The largest absolute Gasteiger partial charge is 0.417 e. The fourth-order valence-electron chi connectivity index (χ4n) is 1.85. The molecule has 22 heavy (non-hydrogen) atoms. The van der Waals surface area contributed by atoms with Gasteiger partial charge in [-0.05, 0) is 31.0 Å². The standard InChI is InChI=1S/C16H16F3N3/c1-3-14(12-6-4-11(2)5-7-12)21-22-15-9-8-13(10-20-15)16(17,18)19/h4-10H,3H2,1-2H3,(H,20,22)/b21-14-. The first kappa shape index (κ1) is 16.0. The summed E-state index contributed by atoms with van der Waals surface area (Å²) in [7, 11) is 0. The molecule has 2 rings (SSSR count). The summed E-state index contributed by atoms with van der Waals surface area (Å²) in [5.41, 5.74) is 4.84. The third-order valence-electron chi connectivity index (χ3n) is 3.12. The van der Waals surface area contributed by atoms with E-state index in [2.05, 4.69) is 15.5 Å². The topological polar surface area (TPSA) is 37.3 Å². The van der Waals surface area contributed by atoms with Crippen molar-refractivity contribution in [2.45, 2.75) is 26.4 Å². The summed E-state index contributed by atoms with van der Waals surface area (Å²) < 4.78 is 37.4. The Morgan fingerprint density at radius 3 is 2.32 bits per heavy atom. The van der Waals surface area contributed by atoms with Crippen LogP contribution in [0.5, 0.6) is 0 Å². The molecule has 2 aromatic rings. The van der Waals surface area contributed by atoms with Gasteiger partial charge in [0, 0.05) is 6.20 Å². The normalized spacial score (nSPS) is 12.3. The molecule has 0 amide bonds. The maximum atomic E-state index is 12.5. The minimum Gasteiger partial charge on any atom is -0.261 e. The molecule has 0 aliphatic rings. The van der Waals surface area contributed by atoms with E-state index in [-0.39, 0.29) is 5.82 Å². The lowest BCUT2D eigenvalue weighted by Gasteiger charge is -2.08. The molecule has 0 radical (unpaired) electrons. The first-order chi connectivity index (χ1) is 10.4. The lowest BCUT2D eigenvalue weighted by atomic mass is 10.1. The number of anilines is 1. The lowest BCUT2D eigenvalue weighted by molar-refractivity contribution is -0.137. The summed E-state index contributed by atoms with van der Waals surface area (Å²) >= 11 is 0. The van der Waals surface area contributed by atoms with Crippen molar-refractivity contribution in [2.24, 2.45) is 5.10 Å². The number of hydrogen-bond acceptors (Lipinski definition) is 3. The summed E-state index contributed by atoms with van der Waals surface area (Å²) in [5, 5.41) is 4.23. The molecule has 1 heterocycles. The van der Waals surface area contributed by atoms with Crippen LogP contribution in [0.3, 0.4) is 0 Å². The Morgan fingerprint density at radius 2 is 1.82 bits per heavy atom. The molecule has 116 valence electrons. The molecule has 1 aromatic carbocycles. The first-order valence-electron chi connectivity index (χ1n) is 6.83. The molecular formula is C16H16F3N3. The summed E-state index contributed by atoms with van der Waals surface area (Å²) in [4.78, 5) is 3.72. The second-order valence-electron chi connectivity index (χ2n) is 4.82. The Kier molecular flexibility index (Phi) is 4.80. The van der Waals surface area contributed by atoms with E-state index in [0.29, 0.717) is 6.42 Å². The maximum absolute atomic E-state index is 12.5. The van der Waals surface area contributed by atoms with E-state index in [0.717, 1.165) is 29.1 Å². The highest BCUT2D eigenvalue weighted by Gasteiger charge is 2.30. The summed E-state index contributed by atoms with van der Waals surface area (Å²) in [6.07, 6.45) is -2.91. The fourth-order valence-corrected chi connectivity index (χ4v) is 1.85. The van der Waals surface area contributed by atoms with Crippen LogP contribution in [0.4, 0.5) is 19.0 Å². The smallest absolute Gasteiger partial charge is 0.261 e. The van der Waals surface area contributed by atoms with Crippen LogP contribution in [0.15, 0.2) is 47.7 Å². The predicted molar refractivity (Wildman–Crippen MR) is 80.9 cm³/mol. The van der Waals surface area contributed by atoms with Crippen molar-refractivity contribution in [1.29, 1.82) is 0 Å². The zero-order valence-electron chi connectivity index (χ0n) is 12.3. The number of aryl methyl sites for hydroxylation is 1. The number of benzene rings is 1. The first-order valence-corrected chi connectivity index (χ1v) is 6.83. The molecule has 0 saturated heterocycles. The SMILES string of the molecule is CC/C(=N/Nc1ccc(C(F)(F)F)cn1)c1ccc(C)cc1. The van der Waals surface area contributed by atoms with Crippen LogP contribution in [-0.4, -0.2) is 10.7 Å². The molecule has 0 atom stereocenters. The van der Waals surface area contributed by atoms with Crippen molar-refractivity contribution in [3.8, 4) is 0 Å². The minimum atomic E-state index is -4.38. The van der Waals surface area contributed by atoms with Gasteiger partial charge in [0.05, 0.1) is 11.3 Å². The molecule has 0 fully saturated rings. The van der Waals surface area contributed by atoms with E-state index >= 15 is 0 Å². The number of aromatic nitrogens is 1. The number of nitrogens with zero attached hydrogens (tertiary/aromatic N) is 2. The molecule has 6 heteroatoms. The van der Waals surface area contributed by atoms with Crippen molar-refractivity contribution in [3.63, 3.8) is 0 Å². The van der Waals surface area contributed by atoms with E-state index in [4.69, 9.17) is 0 Å². The number of hydrogen-bond donors (Lipinski definition) is 1. The van der Waals surface area contributed by atoms with Gasteiger partial charge in [0.2, 0.25) is 0 Å². The second-order valence-corrected chi connectivity index (χ2v) is 4.82. The van der Waals surface area contributed by atoms with Gasteiger partial charge in [0.1, 0.15) is 5.82 Å². The van der Waals surface area contributed by atoms with Crippen LogP contribution in [-0.2, 0) is 6.18 Å². The molecular weight excluding hydrogens is 291 g/mol. The fraction of sp³-hybridized carbons (Fsp3) is 0.250. The van der Waals surface area contributed by atoms with Crippen LogP contribution in [0.1, 0.15) is 30.0 Å². The Balaban J connectivity index is 2.13. The number of rotatable bonds is 4. The van der Waals surface area contributed by atoms with E-state index in [1.54, 1.807) is 0 Å². The molecule has 0 aliphatic heterocycles. The van der Waals surface area contributed by atoms with Crippen LogP contribution < -0.4 is 5.43 Å². The van der Waals surface area contributed by atoms with Crippen LogP contribution in [0, 0.1) is 6.92 Å². The van der Waals surface area contributed by atoms with Gasteiger partial charge < -0.3 is 0 Å². The number of nitrogens with one attached hydrogen (secondary N) is 1. The maximum Gasteiger partial charge on any atom is 0.417 e. The third-order valence-corrected chi connectivity index (χ3v) is 3.12. The molecule has 3 nitrogen and oxygen atoms in total. The zero-order chi connectivity index (χ0) is 16.2. The molecule has 0 aliphatic carbocycles. The van der Waals surface area contributed by atoms with E-state index in [1.807, 2.05) is 38.1 Å². The molecule has 0 spiro atoms. The minimum absolute atomic E-state index is 0.270. The number of alkyl halides is 3. The van der Waals surface area contributed by atoms with E-state index in [9.17, 15) is 13.2 Å². The summed E-state index contributed by atoms with van der Waals surface area (Å²) in [5.74, 6) is 0.270.